The molecule has 0 aliphatic heterocycles. The summed E-state index contributed by atoms with van der Waals surface area (Å²) >= 11 is 3.08. The van der Waals surface area contributed by atoms with Gasteiger partial charge in [0.05, 0.1) is 0 Å². The monoisotopic (exact) mass is 269 g/mol. The Hall–Kier alpha value is -0.620. The van der Waals surface area contributed by atoms with Gasteiger partial charge < -0.3 is 5.11 Å². The molecule has 1 heterocycles. The SMILES string of the molecule is O[C@@H](Cc1cncc(Br)c1)C(F)(F)F. The van der Waals surface area contributed by atoms with Crippen molar-refractivity contribution in [3.8, 4) is 0 Å². The van der Waals surface area contributed by atoms with Crippen molar-refractivity contribution in [2.75, 3.05) is 0 Å². The van der Waals surface area contributed by atoms with Gasteiger partial charge in [0.2, 0.25) is 0 Å². The Bertz CT molecular complexity index is 316. The third-order valence-electron chi connectivity index (χ3n) is 1.57. The van der Waals surface area contributed by atoms with Gasteiger partial charge in [0.25, 0.3) is 0 Å². The Morgan fingerprint density at radius 3 is 2.57 bits per heavy atom. The lowest BCUT2D eigenvalue weighted by Crippen LogP contribution is -2.30. The Labute approximate surface area is 86.9 Å². The summed E-state index contributed by atoms with van der Waals surface area (Å²) in [5.41, 5.74) is 0.337. The molecule has 1 N–H and O–H groups in total. The molecule has 0 aliphatic rings. The lowest BCUT2D eigenvalue weighted by Gasteiger charge is -2.13. The number of aromatic nitrogens is 1. The minimum absolute atomic E-state index is 0.337. The molecule has 1 rings (SSSR count). The second-order valence-corrected chi connectivity index (χ2v) is 3.69. The molecule has 0 amide bonds. The lowest BCUT2D eigenvalue weighted by atomic mass is 10.1. The fraction of sp³-hybridized carbons (Fsp3) is 0.375. The number of nitrogens with zero attached hydrogens (tertiary/aromatic N) is 1. The minimum Gasteiger partial charge on any atom is -0.383 e. The van der Waals surface area contributed by atoms with E-state index in [4.69, 9.17) is 5.11 Å². The first-order valence-electron chi connectivity index (χ1n) is 3.74. The summed E-state index contributed by atoms with van der Waals surface area (Å²) in [6.45, 7) is 0. The van der Waals surface area contributed by atoms with Gasteiger partial charge in [-0.2, -0.15) is 13.2 Å². The average molecular weight is 270 g/mol. The standard InChI is InChI=1S/C8H7BrF3NO/c9-6-1-5(3-13-4-6)2-7(14)8(10,11)12/h1,3-4,7,14H,2H2/t7-/m0/s1. The molecule has 14 heavy (non-hydrogen) atoms. The van der Waals surface area contributed by atoms with Crippen LogP contribution in [0.1, 0.15) is 5.56 Å². The molecule has 0 fully saturated rings. The number of hydrogen-bond donors (Lipinski definition) is 1. The number of alkyl halides is 3. The Morgan fingerprint density at radius 2 is 2.07 bits per heavy atom. The van der Waals surface area contributed by atoms with E-state index in [0.29, 0.717) is 10.0 Å². The van der Waals surface area contributed by atoms with Crippen molar-refractivity contribution in [3.63, 3.8) is 0 Å². The summed E-state index contributed by atoms with van der Waals surface area (Å²) in [5, 5.41) is 8.76. The first kappa shape index (κ1) is 11.5. The van der Waals surface area contributed by atoms with Crippen LogP contribution in [0.15, 0.2) is 22.9 Å². The van der Waals surface area contributed by atoms with Crippen molar-refractivity contribution >= 4 is 15.9 Å². The van der Waals surface area contributed by atoms with Gasteiger partial charge in [-0.15, -0.1) is 0 Å². The Morgan fingerprint density at radius 1 is 1.43 bits per heavy atom. The molecule has 1 aromatic heterocycles. The van der Waals surface area contributed by atoms with Crippen LogP contribution >= 0.6 is 15.9 Å². The zero-order chi connectivity index (χ0) is 10.8. The van der Waals surface area contributed by atoms with Crippen LogP contribution in [0.2, 0.25) is 0 Å². The lowest BCUT2D eigenvalue weighted by molar-refractivity contribution is -0.203. The second kappa shape index (κ2) is 4.27. The summed E-state index contributed by atoms with van der Waals surface area (Å²) in [7, 11) is 0. The molecule has 1 aromatic rings. The molecule has 0 aromatic carbocycles. The van der Waals surface area contributed by atoms with Crippen molar-refractivity contribution in [2.24, 2.45) is 0 Å². The van der Waals surface area contributed by atoms with Gasteiger partial charge in [-0.25, -0.2) is 0 Å². The molecule has 6 heteroatoms. The van der Waals surface area contributed by atoms with Gasteiger partial charge in [-0.05, 0) is 27.6 Å². The molecule has 0 aliphatic carbocycles. The van der Waals surface area contributed by atoms with Crippen LogP contribution in [0.4, 0.5) is 13.2 Å². The first-order chi connectivity index (χ1) is 6.39. The van der Waals surface area contributed by atoms with Crippen molar-refractivity contribution in [2.45, 2.75) is 18.7 Å². The highest BCUT2D eigenvalue weighted by atomic mass is 79.9. The smallest absolute Gasteiger partial charge is 0.383 e. The van der Waals surface area contributed by atoms with Crippen LogP contribution in [-0.2, 0) is 6.42 Å². The predicted molar refractivity (Wildman–Crippen MR) is 47.7 cm³/mol. The Balaban J connectivity index is 2.70. The van der Waals surface area contributed by atoms with Crippen LogP contribution in [0.5, 0.6) is 0 Å². The van der Waals surface area contributed by atoms with Crippen LogP contribution in [0, 0.1) is 0 Å². The molecule has 0 saturated carbocycles. The van der Waals surface area contributed by atoms with Gasteiger partial charge >= 0.3 is 6.18 Å². The van der Waals surface area contributed by atoms with E-state index in [-0.39, 0.29) is 0 Å². The maximum atomic E-state index is 12.0. The summed E-state index contributed by atoms with van der Waals surface area (Å²) in [5.74, 6) is 0. The van der Waals surface area contributed by atoms with Gasteiger partial charge in [-0.3, -0.25) is 4.98 Å². The Kier molecular flexibility index (Phi) is 3.49. The van der Waals surface area contributed by atoms with Crippen molar-refractivity contribution in [1.82, 2.24) is 4.98 Å². The highest BCUT2D eigenvalue weighted by Crippen LogP contribution is 2.23. The van der Waals surface area contributed by atoms with Gasteiger partial charge in [0, 0.05) is 23.3 Å². The fourth-order valence-electron chi connectivity index (χ4n) is 0.906. The summed E-state index contributed by atoms with van der Waals surface area (Å²) in [6.07, 6.45) is -4.64. The van der Waals surface area contributed by atoms with E-state index in [9.17, 15) is 13.2 Å². The molecule has 0 bridgehead atoms. The second-order valence-electron chi connectivity index (χ2n) is 2.77. The largest absolute Gasteiger partial charge is 0.414 e. The summed E-state index contributed by atoms with van der Waals surface area (Å²) < 4.78 is 36.4. The van der Waals surface area contributed by atoms with E-state index in [1.54, 1.807) is 0 Å². The van der Waals surface area contributed by atoms with E-state index < -0.39 is 18.7 Å². The van der Waals surface area contributed by atoms with Crippen molar-refractivity contribution < 1.29 is 18.3 Å². The van der Waals surface area contributed by atoms with E-state index in [1.165, 1.54) is 18.5 Å². The highest BCUT2D eigenvalue weighted by Gasteiger charge is 2.37. The normalized spacial score (nSPS) is 14.1. The first-order valence-corrected chi connectivity index (χ1v) is 4.53. The molecule has 0 unspecified atom stereocenters. The number of rotatable bonds is 2. The van der Waals surface area contributed by atoms with E-state index in [0.717, 1.165) is 0 Å². The molecule has 0 radical (unpaired) electrons. The van der Waals surface area contributed by atoms with Crippen LogP contribution in [0.3, 0.4) is 0 Å². The predicted octanol–water partition coefficient (Wildman–Crippen LogP) is 2.31. The molecule has 0 spiro atoms. The quantitative estimate of drug-likeness (QED) is 0.894. The fourth-order valence-corrected chi connectivity index (χ4v) is 1.32. The van der Waals surface area contributed by atoms with Crippen LogP contribution in [0.25, 0.3) is 0 Å². The number of halogens is 4. The molecule has 0 saturated heterocycles. The number of aliphatic hydroxyl groups is 1. The maximum Gasteiger partial charge on any atom is 0.414 e. The molecule has 1 atom stereocenters. The zero-order valence-electron chi connectivity index (χ0n) is 6.92. The minimum atomic E-state index is -4.58. The summed E-state index contributed by atoms with van der Waals surface area (Å²) in [4.78, 5) is 3.69. The van der Waals surface area contributed by atoms with E-state index in [1.807, 2.05) is 0 Å². The van der Waals surface area contributed by atoms with Gasteiger partial charge in [-0.1, -0.05) is 0 Å². The van der Waals surface area contributed by atoms with Crippen molar-refractivity contribution in [1.29, 1.82) is 0 Å². The molecule has 78 valence electrons. The van der Waals surface area contributed by atoms with Gasteiger partial charge in [0.15, 0.2) is 6.10 Å². The van der Waals surface area contributed by atoms with E-state index >= 15 is 0 Å². The third kappa shape index (κ3) is 3.26. The average Bonchev–Trinajstić information content (AvgIpc) is 2.02. The third-order valence-corrected chi connectivity index (χ3v) is 2.00. The maximum absolute atomic E-state index is 12.0. The summed E-state index contributed by atoms with van der Waals surface area (Å²) in [6, 6.07) is 1.49. The topological polar surface area (TPSA) is 33.1 Å². The zero-order valence-corrected chi connectivity index (χ0v) is 8.51. The molecular weight excluding hydrogens is 263 g/mol. The van der Waals surface area contributed by atoms with Crippen LogP contribution < -0.4 is 0 Å². The number of pyridine rings is 1. The molecule has 2 nitrogen and oxygen atoms in total. The highest BCUT2D eigenvalue weighted by molar-refractivity contribution is 9.10. The number of aliphatic hydroxyl groups excluding tert-OH is 1. The van der Waals surface area contributed by atoms with Crippen molar-refractivity contribution in [3.05, 3.63) is 28.5 Å². The number of hydrogen-bond acceptors (Lipinski definition) is 2. The van der Waals surface area contributed by atoms with Crippen LogP contribution in [-0.4, -0.2) is 22.4 Å². The van der Waals surface area contributed by atoms with Gasteiger partial charge in [0.1, 0.15) is 0 Å². The molecular formula is C8H7BrF3NO. The van der Waals surface area contributed by atoms with E-state index in [2.05, 4.69) is 20.9 Å².